The van der Waals surface area contributed by atoms with Crippen LogP contribution in [0, 0.1) is 0 Å². The Morgan fingerprint density at radius 3 is 2.42 bits per heavy atom. The van der Waals surface area contributed by atoms with Crippen molar-refractivity contribution in [2.45, 2.75) is 38.1 Å². The van der Waals surface area contributed by atoms with E-state index in [1.165, 1.54) is 6.07 Å². The molecule has 0 aromatic heterocycles. The average molecular weight is 398 g/mol. The SMILES string of the molecule is C[C@@]1(c2ccc(Cl)cc2Cl)NC(=O)N(CC(=O)N2CCCCCC2)C1=O. The molecular weight excluding hydrogens is 377 g/mol. The number of benzene rings is 1. The van der Waals surface area contributed by atoms with E-state index in [1.54, 1.807) is 24.0 Å². The van der Waals surface area contributed by atoms with Gasteiger partial charge >= 0.3 is 6.03 Å². The van der Waals surface area contributed by atoms with Crippen molar-refractivity contribution < 1.29 is 14.4 Å². The van der Waals surface area contributed by atoms with Crippen LogP contribution >= 0.6 is 23.2 Å². The van der Waals surface area contributed by atoms with E-state index in [9.17, 15) is 14.4 Å². The number of nitrogens with one attached hydrogen (secondary N) is 1. The third-order valence-electron chi connectivity index (χ3n) is 5.00. The van der Waals surface area contributed by atoms with Gasteiger partial charge in [0.05, 0.1) is 0 Å². The lowest BCUT2D eigenvalue weighted by Gasteiger charge is -2.25. The number of halogens is 2. The van der Waals surface area contributed by atoms with Gasteiger partial charge in [-0.3, -0.25) is 14.5 Å². The topological polar surface area (TPSA) is 69.7 Å². The fraction of sp³-hybridized carbons (Fsp3) is 0.500. The maximum Gasteiger partial charge on any atom is 0.325 e. The van der Waals surface area contributed by atoms with E-state index in [2.05, 4.69) is 5.32 Å². The predicted molar refractivity (Wildman–Crippen MR) is 99.1 cm³/mol. The van der Waals surface area contributed by atoms with Crippen molar-refractivity contribution in [1.82, 2.24) is 15.1 Å². The Morgan fingerprint density at radius 1 is 1.15 bits per heavy atom. The third-order valence-corrected chi connectivity index (χ3v) is 5.54. The molecule has 4 amide bonds. The van der Waals surface area contributed by atoms with Crippen molar-refractivity contribution in [2.24, 2.45) is 0 Å². The number of urea groups is 1. The van der Waals surface area contributed by atoms with Crippen molar-refractivity contribution in [3.63, 3.8) is 0 Å². The van der Waals surface area contributed by atoms with Gasteiger partial charge in [-0.15, -0.1) is 0 Å². The van der Waals surface area contributed by atoms with Crippen molar-refractivity contribution in [1.29, 1.82) is 0 Å². The van der Waals surface area contributed by atoms with Gasteiger partial charge in [0, 0.05) is 28.7 Å². The maximum absolute atomic E-state index is 12.9. The van der Waals surface area contributed by atoms with Crippen molar-refractivity contribution in [3.8, 4) is 0 Å². The molecule has 0 saturated carbocycles. The van der Waals surface area contributed by atoms with Crippen LogP contribution in [0.15, 0.2) is 18.2 Å². The second-order valence-corrected chi connectivity index (χ2v) is 7.71. The molecular formula is C18H21Cl2N3O3. The van der Waals surface area contributed by atoms with E-state index in [0.29, 0.717) is 23.7 Å². The van der Waals surface area contributed by atoms with Gasteiger partial charge in [-0.25, -0.2) is 4.79 Å². The number of hydrogen-bond donors (Lipinski definition) is 1. The Kier molecular flexibility index (Phi) is 5.44. The van der Waals surface area contributed by atoms with Crippen LogP contribution in [0.1, 0.15) is 38.2 Å². The molecule has 1 atom stereocenters. The highest BCUT2D eigenvalue weighted by atomic mass is 35.5. The fourth-order valence-corrected chi connectivity index (χ4v) is 4.07. The summed E-state index contributed by atoms with van der Waals surface area (Å²) in [5.41, 5.74) is -0.871. The smallest absolute Gasteiger partial charge is 0.325 e. The molecule has 2 aliphatic heterocycles. The van der Waals surface area contributed by atoms with Crippen molar-refractivity contribution in [2.75, 3.05) is 19.6 Å². The summed E-state index contributed by atoms with van der Waals surface area (Å²) in [6, 6.07) is 4.15. The zero-order valence-corrected chi connectivity index (χ0v) is 16.1. The Hall–Kier alpha value is -1.79. The first-order valence-corrected chi connectivity index (χ1v) is 9.46. The Bertz CT molecular complexity index is 747. The monoisotopic (exact) mass is 397 g/mol. The van der Waals surface area contributed by atoms with Gasteiger partial charge in [-0.1, -0.05) is 42.1 Å². The molecule has 0 unspecified atom stereocenters. The molecule has 6 nitrogen and oxygen atoms in total. The highest BCUT2D eigenvalue weighted by Gasteiger charge is 2.50. The summed E-state index contributed by atoms with van der Waals surface area (Å²) in [4.78, 5) is 40.6. The summed E-state index contributed by atoms with van der Waals surface area (Å²) in [7, 11) is 0. The van der Waals surface area contributed by atoms with Crippen molar-refractivity contribution >= 4 is 41.0 Å². The number of amides is 4. The summed E-state index contributed by atoms with van der Waals surface area (Å²) in [6.45, 7) is 2.66. The number of carbonyl (C=O) groups excluding carboxylic acids is 3. The van der Waals surface area contributed by atoms with Crippen LogP contribution in [0.4, 0.5) is 4.79 Å². The highest BCUT2D eigenvalue weighted by molar-refractivity contribution is 6.35. The number of likely N-dealkylation sites (tertiary alicyclic amines) is 1. The minimum Gasteiger partial charge on any atom is -0.341 e. The number of carbonyl (C=O) groups is 3. The summed E-state index contributed by atoms with van der Waals surface area (Å²) < 4.78 is 0. The Morgan fingerprint density at radius 2 is 1.81 bits per heavy atom. The van der Waals surface area contributed by atoms with Crippen LogP contribution in [-0.4, -0.2) is 47.3 Å². The minimum absolute atomic E-state index is 0.207. The van der Waals surface area contributed by atoms with Crippen LogP contribution < -0.4 is 5.32 Å². The standard InChI is InChI=1S/C18H21Cl2N3O3/c1-18(13-7-6-12(19)10-14(13)20)16(25)23(17(26)21-18)11-15(24)22-8-4-2-3-5-9-22/h6-7,10H,2-5,8-9,11H2,1H3,(H,21,26)/t18-/m0/s1. The van der Waals surface area contributed by atoms with E-state index >= 15 is 0 Å². The van der Waals surface area contributed by atoms with E-state index < -0.39 is 17.5 Å². The largest absolute Gasteiger partial charge is 0.341 e. The van der Waals surface area contributed by atoms with Gasteiger partial charge in [-0.2, -0.15) is 0 Å². The van der Waals surface area contributed by atoms with Crippen LogP contribution in [0.3, 0.4) is 0 Å². The zero-order chi connectivity index (χ0) is 18.9. The van der Waals surface area contributed by atoms with E-state index in [0.717, 1.165) is 30.6 Å². The van der Waals surface area contributed by atoms with E-state index in [4.69, 9.17) is 23.2 Å². The van der Waals surface area contributed by atoms with Gasteiger partial charge in [0.1, 0.15) is 12.1 Å². The van der Waals surface area contributed by atoms with Crippen LogP contribution in [0.2, 0.25) is 10.0 Å². The molecule has 2 fully saturated rings. The first-order chi connectivity index (χ1) is 12.3. The first kappa shape index (κ1) is 19.0. The number of imide groups is 1. The molecule has 140 valence electrons. The highest BCUT2D eigenvalue weighted by Crippen LogP contribution is 2.35. The Labute approximate surface area is 162 Å². The molecule has 0 radical (unpaired) electrons. The lowest BCUT2D eigenvalue weighted by Crippen LogP contribution is -2.44. The van der Waals surface area contributed by atoms with Gasteiger partial charge < -0.3 is 10.2 Å². The molecule has 2 heterocycles. The molecule has 26 heavy (non-hydrogen) atoms. The van der Waals surface area contributed by atoms with Crippen LogP contribution in [0.5, 0.6) is 0 Å². The summed E-state index contributed by atoms with van der Waals surface area (Å²) in [5, 5.41) is 3.39. The lowest BCUT2D eigenvalue weighted by molar-refractivity contribution is -0.138. The maximum atomic E-state index is 12.9. The van der Waals surface area contributed by atoms with Gasteiger partial charge in [0.2, 0.25) is 5.91 Å². The number of rotatable bonds is 3. The van der Waals surface area contributed by atoms with Gasteiger partial charge in [-0.05, 0) is 31.9 Å². The molecule has 0 spiro atoms. The minimum atomic E-state index is -1.32. The van der Waals surface area contributed by atoms with Gasteiger partial charge in [0.25, 0.3) is 5.91 Å². The molecule has 0 bridgehead atoms. The number of hydrogen-bond acceptors (Lipinski definition) is 3. The molecule has 1 aromatic carbocycles. The van der Waals surface area contributed by atoms with Gasteiger partial charge in [0.15, 0.2) is 0 Å². The molecule has 3 rings (SSSR count). The van der Waals surface area contributed by atoms with Crippen LogP contribution in [-0.2, 0) is 15.1 Å². The fourth-order valence-electron chi connectivity index (χ4n) is 3.47. The second-order valence-electron chi connectivity index (χ2n) is 6.87. The lowest BCUT2D eigenvalue weighted by atomic mass is 9.92. The summed E-state index contributed by atoms with van der Waals surface area (Å²) in [5.74, 6) is -0.697. The van der Waals surface area contributed by atoms with Crippen molar-refractivity contribution in [3.05, 3.63) is 33.8 Å². The molecule has 2 saturated heterocycles. The molecule has 8 heteroatoms. The normalized spacial score (nSPS) is 23.8. The number of nitrogens with zero attached hydrogens (tertiary/aromatic N) is 2. The second kappa shape index (κ2) is 7.45. The van der Waals surface area contributed by atoms with E-state index in [1.807, 2.05) is 0 Å². The molecule has 1 aromatic rings. The Balaban J connectivity index is 1.79. The quantitative estimate of drug-likeness (QED) is 0.796. The summed E-state index contributed by atoms with van der Waals surface area (Å²) >= 11 is 12.1. The molecule has 1 N–H and O–H groups in total. The average Bonchev–Trinajstić information content (AvgIpc) is 2.80. The van der Waals surface area contributed by atoms with E-state index in [-0.39, 0.29) is 17.5 Å². The molecule has 2 aliphatic rings. The first-order valence-electron chi connectivity index (χ1n) is 8.70. The molecule has 0 aliphatic carbocycles. The van der Waals surface area contributed by atoms with Crippen LogP contribution in [0.25, 0.3) is 0 Å². The third kappa shape index (κ3) is 3.53. The zero-order valence-electron chi connectivity index (χ0n) is 14.6. The predicted octanol–water partition coefficient (Wildman–Crippen LogP) is 3.16. The summed E-state index contributed by atoms with van der Waals surface area (Å²) in [6.07, 6.45) is 4.09.